The molecule has 13 heavy (non-hydrogen) atoms. The third-order valence-corrected chi connectivity index (χ3v) is 2.26. The van der Waals surface area contributed by atoms with Crippen LogP contribution >= 0.6 is 15.9 Å². The van der Waals surface area contributed by atoms with E-state index >= 15 is 0 Å². The van der Waals surface area contributed by atoms with E-state index in [1.54, 1.807) is 12.3 Å². The summed E-state index contributed by atoms with van der Waals surface area (Å²) in [5.74, 6) is 0.476. The van der Waals surface area contributed by atoms with Gasteiger partial charge in [-0.3, -0.25) is 9.78 Å². The summed E-state index contributed by atoms with van der Waals surface area (Å²) in [5, 5.41) is 0. The number of nitrogens with zero attached hydrogens (tertiary/aromatic N) is 1. The van der Waals surface area contributed by atoms with Crippen molar-refractivity contribution in [3.63, 3.8) is 0 Å². The molecule has 0 saturated heterocycles. The molecule has 0 fully saturated rings. The van der Waals surface area contributed by atoms with Crippen LogP contribution in [-0.2, 0) is 0 Å². The van der Waals surface area contributed by atoms with Crippen LogP contribution in [0, 0.1) is 5.92 Å². The molecule has 70 valence electrons. The molecule has 0 aliphatic heterocycles. The predicted octanol–water partition coefficient (Wildman–Crippen LogP) is 3.07. The molecular weight excluding hydrogens is 230 g/mol. The van der Waals surface area contributed by atoms with Crippen LogP contribution in [0.15, 0.2) is 22.8 Å². The Kier molecular flexibility index (Phi) is 3.60. The normalized spacial score (nSPS) is 10.5. The van der Waals surface area contributed by atoms with Gasteiger partial charge in [-0.1, -0.05) is 13.8 Å². The minimum Gasteiger partial charge on any atom is -0.292 e. The van der Waals surface area contributed by atoms with Crippen molar-refractivity contribution in [3.8, 4) is 0 Å². The van der Waals surface area contributed by atoms with Crippen molar-refractivity contribution in [2.75, 3.05) is 0 Å². The molecule has 0 aromatic carbocycles. The average molecular weight is 242 g/mol. The van der Waals surface area contributed by atoms with Gasteiger partial charge < -0.3 is 0 Å². The molecule has 1 rings (SSSR count). The van der Waals surface area contributed by atoms with Crippen molar-refractivity contribution in [1.29, 1.82) is 0 Å². The molecular formula is C10H12BrNO. The van der Waals surface area contributed by atoms with Crippen LogP contribution in [0.4, 0.5) is 0 Å². The number of hydrogen-bond donors (Lipinski definition) is 0. The Morgan fingerprint density at radius 3 is 2.85 bits per heavy atom. The highest BCUT2D eigenvalue weighted by Crippen LogP contribution is 2.16. The second kappa shape index (κ2) is 4.51. The van der Waals surface area contributed by atoms with E-state index in [0.29, 0.717) is 18.0 Å². The van der Waals surface area contributed by atoms with Crippen molar-refractivity contribution in [2.24, 2.45) is 5.92 Å². The molecule has 1 aromatic rings. The van der Waals surface area contributed by atoms with Crippen LogP contribution in [0.5, 0.6) is 0 Å². The van der Waals surface area contributed by atoms with Gasteiger partial charge in [-0.05, 0) is 34.0 Å². The molecule has 1 aromatic heterocycles. The van der Waals surface area contributed by atoms with E-state index in [2.05, 4.69) is 20.9 Å². The molecule has 3 heteroatoms. The van der Waals surface area contributed by atoms with Gasteiger partial charge in [0, 0.05) is 17.1 Å². The van der Waals surface area contributed by atoms with Gasteiger partial charge in [0.15, 0.2) is 5.78 Å². The predicted molar refractivity (Wildman–Crippen MR) is 55.7 cm³/mol. The minimum absolute atomic E-state index is 0.0995. The van der Waals surface area contributed by atoms with Crippen molar-refractivity contribution in [1.82, 2.24) is 4.98 Å². The van der Waals surface area contributed by atoms with Crippen LogP contribution in [0.2, 0.25) is 0 Å². The summed E-state index contributed by atoms with van der Waals surface area (Å²) in [4.78, 5) is 15.6. The number of rotatable bonds is 3. The van der Waals surface area contributed by atoms with Gasteiger partial charge in [0.25, 0.3) is 0 Å². The Bertz CT molecular complexity index is 310. The first-order chi connectivity index (χ1) is 6.11. The molecule has 0 bridgehead atoms. The number of carbonyl (C=O) groups excluding carboxylic acids is 1. The third kappa shape index (κ3) is 2.92. The maximum absolute atomic E-state index is 11.6. The first-order valence-electron chi connectivity index (χ1n) is 4.25. The molecule has 0 saturated carbocycles. The molecule has 1 heterocycles. The second-order valence-electron chi connectivity index (χ2n) is 3.35. The van der Waals surface area contributed by atoms with Gasteiger partial charge in [0.05, 0.1) is 0 Å². The van der Waals surface area contributed by atoms with E-state index in [1.807, 2.05) is 19.9 Å². The maximum atomic E-state index is 11.6. The zero-order valence-electron chi connectivity index (χ0n) is 7.75. The van der Waals surface area contributed by atoms with E-state index in [1.165, 1.54) is 0 Å². The highest BCUT2D eigenvalue weighted by Gasteiger charge is 2.12. The van der Waals surface area contributed by atoms with Crippen molar-refractivity contribution < 1.29 is 4.79 Å². The third-order valence-electron chi connectivity index (χ3n) is 1.62. The number of Topliss-reactive ketones (excluding diaryl/α,β-unsaturated/α-hetero) is 1. The van der Waals surface area contributed by atoms with Crippen LogP contribution in [0.25, 0.3) is 0 Å². The van der Waals surface area contributed by atoms with E-state index in [9.17, 15) is 4.79 Å². The van der Waals surface area contributed by atoms with Crippen LogP contribution in [0.1, 0.15) is 30.8 Å². The molecule has 0 atom stereocenters. The van der Waals surface area contributed by atoms with E-state index < -0.39 is 0 Å². The highest BCUT2D eigenvalue weighted by atomic mass is 79.9. The van der Waals surface area contributed by atoms with Gasteiger partial charge in [-0.25, -0.2) is 0 Å². The monoisotopic (exact) mass is 241 g/mol. The van der Waals surface area contributed by atoms with Crippen LogP contribution < -0.4 is 0 Å². The largest absolute Gasteiger partial charge is 0.292 e. The zero-order valence-corrected chi connectivity index (χ0v) is 9.34. The second-order valence-corrected chi connectivity index (χ2v) is 4.21. The molecule has 0 amide bonds. The van der Waals surface area contributed by atoms with Gasteiger partial charge in [-0.15, -0.1) is 0 Å². The molecule has 0 aliphatic rings. The number of pyridine rings is 1. The number of hydrogen-bond acceptors (Lipinski definition) is 2. The number of halogens is 1. The molecule has 0 spiro atoms. The van der Waals surface area contributed by atoms with Gasteiger partial charge >= 0.3 is 0 Å². The maximum Gasteiger partial charge on any atom is 0.182 e. The summed E-state index contributed by atoms with van der Waals surface area (Å²) in [6, 6.07) is 3.64. The quantitative estimate of drug-likeness (QED) is 0.762. The van der Waals surface area contributed by atoms with Crippen molar-refractivity contribution in [3.05, 3.63) is 28.5 Å². The summed E-state index contributed by atoms with van der Waals surface area (Å²) in [6.07, 6.45) is 2.19. The van der Waals surface area contributed by atoms with E-state index in [0.717, 1.165) is 4.47 Å². The van der Waals surface area contributed by atoms with Crippen molar-refractivity contribution in [2.45, 2.75) is 20.3 Å². The standard InChI is InChI=1S/C10H12BrNO/c1-7(2)6-9(13)10-8(11)4-3-5-12-10/h3-5,7H,6H2,1-2H3. The van der Waals surface area contributed by atoms with Crippen LogP contribution in [0.3, 0.4) is 0 Å². The Morgan fingerprint density at radius 2 is 2.31 bits per heavy atom. The highest BCUT2D eigenvalue weighted by molar-refractivity contribution is 9.10. The van der Waals surface area contributed by atoms with Crippen LogP contribution in [-0.4, -0.2) is 10.8 Å². The number of ketones is 1. The summed E-state index contributed by atoms with van der Waals surface area (Å²) in [5.41, 5.74) is 0.538. The lowest BCUT2D eigenvalue weighted by atomic mass is 10.1. The fourth-order valence-corrected chi connectivity index (χ4v) is 1.53. The fraction of sp³-hybridized carbons (Fsp3) is 0.400. The lowest BCUT2D eigenvalue weighted by molar-refractivity contribution is 0.0962. The number of aromatic nitrogens is 1. The molecule has 2 nitrogen and oxygen atoms in total. The molecule has 0 radical (unpaired) electrons. The fourth-order valence-electron chi connectivity index (χ4n) is 1.06. The van der Waals surface area contributed by atoms with Gasteiger partial charge in [-0.2, -0.15) is 0 Å². The number of carbonyl (C=O) groups is 1. The van der Waals surface area contributed by atoms with E-state index in [-0.39, 0.29) is 5.78 Å². The zero-order chi connectivity index (χ0) is 9.84. The topological polar surface area (TPSA) is 30.0 Å². The average Bonchev–Trinajstić information content (AvgIpc) is 2.03. The molecule has 0 N–H and O–H groups in total. The Labute approximate surface area is 86.5 Å². The first-order valence-corrected chi connectivity index (χ1v) is 5.04. The van der Waals surface area contributed by atoms with E-state index in [4.69, 9.17) is 0 Å². The first kappa shape index (κ1) is 10.4. The summed E-state index contributed by atoms with van der Waals surface area (Å²) in [7, 11) is 0. The lowest BCUT2D eigenvalue weighted by Crippen LogP contribution is -2.06. The SMILES string of the molecule is CC(C)CC(=O)c1ncccc1Br. The molecule has 0 unspecified atom stereocenters. The minimum atomic E-state index is 0.0995. The smallest absolute Gasteiger partial charge is 0.182 e. The van der Waals surface area contributed by atoms with Gasteiger partial charge in [0.1, 0.15) is 5.69 Å². The molecule has 0 aliphatic carbocycles. The Balaban J connectivity index is 2.83. The summed E-state index contributed by atoms with van der Waals surface area (Å²) in [6.45, 7) is 4.05. The Hall–Kier alpha value is -0.700. The summed E-state index contributed by atoms with van der Waals surface area (Å²) >= 11 is 3.30. The summed E-state index contributed by atoms with van der Waals surface area (Å²) < 4.78 is 0.778. The van der Waals surface area contributed by atoms with Crippen molar-refractivity contribution >= 4 is 21.7 Å². The van der Waals surface area contributed by atoms with Gasteiger partial charge in [0.2, 0.25) is 0 Å². The Morgan fingerprint density at radius 1 is 1.62 bits per heavy atom. The lowest BCUT2D eigenvalue weighted by Gasteiger charge is -2.04.